The minimum atomic E-state index is 0.269. The Morgan fingerprint density at radius 2 is 2.05 bits per heavy atom. The second kappa shape index (κ2) is 5.09. The van der Waals surface area contributed by atoms with Gasteiger partial charge in [-0.3, -0.25) is 4.98 Å². The maximum Gasteiger partial charge on any atom is 0.143 e. The number of fused-ring (bicyclic) bond motifs is 1. The van der Waals surface area contributed by atoms with Crippen LogP contribution >= 0.6 is 0 Å². The number of hydrogen-bond donors (Lipinski definition) is 1. The first-order valence-corrected chi connectivity index (χ1v) is 6.87. The standard InChI is InChI=1S/C16H18N4O/c1-10(2)20-15-5-4-11(21-3)8-14(15)19-16(20)12-6-7-18-9-13(12)17/h4-10H,17H2,1-3H3. The Hall–Kier alpha value is -2.56. The van der Waals surface area contributed by atoms with Crippen LogP contribution < -0.4 is 10.5 Å². The van der Waals surface area contributed by atoms with E-state index in [9.17, 15) is 0 Å². The van der Waals surface area contributed by atoms with Crippen molar-refractivity contribution in [3.63, 3.8) is 0 Å². The number of nitrogen functional groups attached to an aromatic ring is 1. The van der Waals surface area contributed by atoms with Crippen LogP contribution in [0, 0.1) is 0 Å². The molecule has 0 saturated carbocycles. The number of nitrogens with two attached hydrogens (primary N) is 1. The van der Waals surface area contributed by atoms with E-state index in [1.165, 1.54) is 0 Å². The summed E-state index contributed by atoms with van der Waals surface area (Å²) >= 11 is 0. The van der Waals surface area contributed by atoms with E-state index >= 15 is 0 Å². The molecule has 0 aliphatic carbocycles. The number of hydrogen-bond acceptors (Lipinski definition) is 4. The molecule has 0 radical (unpaired) electrons. The third kappa shape index (κ3) is 2.20. The van der Waals surface area contributed by atoms with E-state index in [2.05, 4.69) is 23.4 Å². The average molecular weight is 282 g/mol. The largest absolute Gasteiger partial charge is 0.497 e. The van der Waals surface area contributed by atoms with E-state index < -0.39 is 0 Å². The summed E-state index contributed by atoms with van der Waals surface area (Å²) in [5.41, 5.74) is 9.55. The van der Waals surface area contributed by atoms with Gasteiger partial charge >= 0.3 is 0 Å². The van der Waals surface area contributed by atoms with E-state index in [4.69, 9.17) is 15.5 Å². The Morgan fingerprint density at radius 1 is 1.24 bits per heavy atom. The van der Waals surface area contributed by atoms with E-state index in [0.29, 0.717) is 5.69 Å². The second-order valence-corrected chi connectivity index (χ2v) is 5.22. The minimum absolute atomic E-state index is 0.269. The predicted octanol–water partition coefficient (Wildman–Crippen LogP) is 3.27. The molecule has 21 heavy (non-hydrogen) atoms. The fourth-order valence-electron chi connectivity index (χ4n) is 2.53. The molecule has 0 unspecified atom stereocenters. The van der Waals surface area contributed by atoms with Gasteiger partial charge in [-0.25, -0.2) is 4.98 Å². The van der Waals surface area contributed by atoms with E-state index in [0.717, 1.165) is 28.2 Å². The van der Waals surface area contributed by atoms with Crippen LogP contribution in [0.4, 0.5) is 5.69 Å². The molecule has 2 N–H and O–H groups in total. The van der Waals surface area contributed by atoms with Gasteiger partial charge in [0, 0.05) is 23.9 Å². The number of methoxy groups -OCH3 is 1. The van der Waals surface area contributed by atoms with Crippen LogP contribution in [0.15, 0.2) is 36.7 Å². The van der Waals surface area contributed by atoms with Crippen molar-refractivity contribution >= 4 is 16.7 Å². The molecule has 3 rings (SSSR count). The molecule has 0 fully saturated rings. The summed E-state index contributed by atoms with van der Waals surface area (Å²) in [5, 5.41) is 0. The summed E-state index contributed by atoms with van der Waals surface area (Å²) in [7, 11) is 1.66. The summed E-state index contributed by atoms with van der Waals surface area (Å²) in [6.07, 6.45) is 3.39. The van der Waals surface area contributed by atoms with Crippen LogP contribution in [-0.2, 0) is 0 Å². The number of nitrogens with zero attached hydrogens (tertiary/aromatic N) is 3. The van der Waals surface area contributed by atoms with Gasteiger partial charge in [-0.1, -0.05) is 0 Å². The lowest BCUT2D eigenvalue weighted by Crippen LogP contribution is -2.04. The summed E-state index contributed by atoms with van der Waals surface area (Å²) < 4.78 is 7.46. The first-order valence-electron chi connectivity index (χ1n) is 6.87. The molecule has 0 saturated heterocycles. The number of pyridine rings is 1. The molecular weight excluding hydrogens is 264 g/mol. The van der Waals surface area contributed by atoms with Gasteiger partial charge in [0.05, 0.1) is 30.0 Å². The first kappa shape index (κ1) is 13.4. The molecule has 3 aromatic rings. The highest BCUT2D eigenvalue weighted by Gasteiger charge is 2.17. The number of imidazole rings is 1. The predicted molar refractivity (Wildman–Crippen MR) is 84.3 cm³/mol. The molecule has 5 heteroatoms. The summed E-state index contributed by atoms with van der Waals surface area (Å²) in [4.78, 5) is 8.79. The smallest absolute Gasteiger partial charge is 0.143 e. The van der Waals surface area contributed by atoms with Crippen molar-refractivity contribution in [1.29, 1.82) is 0 Å². The number of benzene rings is 1. The Morgan fingerprint density at radius 3 is 2.71 bits per heavy atom. The van der Waals surface area contributed by atoms with Gasteiger partial charge in [0.25, 0.3) is 0 Å². The maximum atomic E-state index is 6.06. The third-order valence-corrected chi connectivity index (χ3v) is 3.51. The normalized spacial score (nSPS) is 11.2. The van der Waals surface area contributed by atoms with Gasteiger partial charge < -0.3 is 15.0 Å². The van der Waals surface area contributed by atoms with Crippen molar-refractivity contribution in [2.75, 3.05) is 12.8 Å². The Bertz CT molecular complexity index is 792. The second-order valence-electron chi connectivity index (χ2n) is 5.22. The summed E-state index contributed by atoms with van der Waals surface area (Å²) in [5.74, 6) is 1.65. The molecule has 0 aliphatic rings. The highest BCUT2D eigenvalue weighted by molar-refractivity contribution is 5.84. The fraction of sp³-hybridized carbons (Fsp3) is 0.250. The number of anilines is 1. The van der Waals surface area contributed by atoms with Crippen molar-refractivity contribution < 1.29 is 4.74 Å². The van der Waals surface area contributed by atoms with Crippen LogP contribution in [0.3, 0.4) is 0 Å². The van der Waals surface area contributed by atoms with E-state index in [-0.39, 0.29) is 6.04 Å². The molecule has 0 atom stereocenters. The molecule has 0 amide bonds. The minimum Gasteiger partial charge on any atom is -0.497 e. The molecule has 2 heterocycles. The zero-order valence-electron chi connectivity index (χ0n) is 12.4. The van der Waals surface area contributed by atoms with Gasteiger partial charge in [0.15, 0.2) is 0 Å². The summed E-state index contributed by atoms with van der Waals surface area (Å²) in [6.45, 7) is 4.26. The highest BCUT2D eigenvalue weighted by Crippen LogP contribution is 2.32. The van der Waals surface area contributed by atoms with Crippen LogP contribution in [0.25, 0.3) is 22.4 Å². The molecule has 0 aliphatic heterocycles. The van der Waals surface area contributed by atoms with Gasteiger partial charge in [0.2, 0.25) is 0 Å². The van der Waals surface area contributed by atoms with Crippen LogP contribution in [0.1, 0.15) is 19.9 Å². The Balaban J connectivity index is 2.31. The van der Waals surface area contributed by atoms with Gasteiger partial charge in [-0.15, -0.1) is 0 Å². The molecule has 2 aromatic heterocycles. The van der Waals surface area contributed by atoms with Crippen LogP contribution in [-0.4, -0.2) is 21.6 Å². The van der Waals surface area contributed by atoms with E-state index in [1.54, 1.807) is 19.5 Å². The molecule has 5 nitrogen and oxygen atoms in total. The lowest BCUT2D eigenvalue weighted by atomic mass is 10.2. The average Bonchev–Trinajstić information content (AvgIpc) is 2.85. The van der Waals surface area contributed by atoms with Gasteiger partial charge in [-0.05, 0) is 32.0 Å². The van der Waals surface area contributed by atoms with Crippen molar-refractivity contribution in [2.45, 2.75) is 19.9 Å². The van der Waals surface area contributed by atoms with Gasteiger partial charge in [0.1, 0.15) is 11.6 Å². The summed E-state index contributed by atoms with van der Waals surface area (Å²) in [6, 6.07) is 8.08. The molecule has 108 valence electrons. The van der Waals surface area contributed by atoms with Crippen LogP contribution in [0.5, 0.6) is 5.75 Å². The third-order valence-electron chi connectivity index (χ3n) is 3.51. The zero-order chi connectivity index (χ0) is 15.0. The quantitative estimate of drug-likeness (QED) is 0.800. The topological polar surface area (TPSA) is 66.0 Å². The lowest BCUT2D eigenvalue weighted by Gasteiger charge is -2.14. The molecule has 1 aromatic carbocycles. The van der Waals surface area contributed by atoms with Crippen molar-refractivity contribution in [3.05, 3.63) is 36.7 Å². The Kier molecular flexibility index (Phi) is 3.25. The SMILES string of the molecule is COc1ccc2c(c1)nc(-c1ccncc1N)n2C(C)C. The molecule has 0 spiro atoms. The molecule has 0 bridgehead atoms. The first-order chi connectivity index (χ1) is 10.1. The van der Waals surface area contributed by atoms with Crippen LogP contribution in [0.2, 0.25) is 0 Å². The number of rotatable bonds is 3. The van der Waals surface area contributed by atoms with Gasteiger partial charge in [-0.2, -0.15) is 0 Å². The van der Waals surface area contributed by atoms with Crippen molar-refractivity contribution in [3.8, 4) is 17.1 Å². The van der Waals surface area contributed by atoms with Crippen molar-refractivity contribution in [1.82, 2.24) is 14.5 Å². The fourth-order valence-corrected chi connectivity index (χ4v) is 2.53. The monoisotopic (exact) mass is 282 g/mol. The van der Waals surface area contributed by atoms with E-state index in [1.807, 2.05) is 24.3 Å². The number of aromatic nitrogens is 3. The zero-order valence-corrected chi connectivity index (χ0v) is 12.4. The number of ether oxygens (including phenoxy) is 1. The lowest BCUT2D eigenvalue weighted by molar-refractivity contribution is 0.415. The maximum absolute atomic E-state index is 6.06. The molecular formula is C16H18N4O. The Labute approximate surface area is 123 Å². The van der Waals surface area contributed by atoms with Crippen molar-refractivity contribution in [2.24, 2.45) is 0 Å². The highest BCUT2D eigenvalue weighted by atomic mass is 16.5.